The van der Waals surface area contributed by atoms with E-state index in [0.717, 1.165) is 18.4 Å². The van der Waals surface area contributed by atoms with Crippen LogP contribution in [0.1, 0.15) is 23.2 Å². The summed E-state index contributed by atoms with van der Waals surface area (Å²) < 4.78 is 18.9. The molecule has 0 amide bonds. The molecular weight excluding hydrogens is 335 g/mol. The van der Waals surface area contributed by atoms with Crippen LogP contribution in [0.4, 0.5) is 4.39 Å². The molecule has 1 aliphatic rings. The summed E-state index contributed by atoms with van der Waals surface area (Å²) in [7, 11) is 0. The number of carbonyl (C=O) groups is 1. The number of halogens is 2. The molecule has 0 spiro atoms. The lowest BCUT2D eigenvalue weighted by atomic mass is 10.1. The quantitative estimate of drug-likeness (QED) is 0.893. The monoisotopic (exact) mass is 354 g/mol. The summed E-state index contributed by atoms with van der Waals surface area (Å²) in [6, 6.07) is 8.30. The highest BCUT2D eigenvalue weighted by Gasteiger charge is 2.18. The number of nitrogens with zero attached hydrogens (tertiary/aromatic N) is 2. The van der Waals surface area contributed by atoms with Gasteiger partial charge in [-0.05, 0) is 43.7 Å². The predicted octanol–water partition coefficient (Wildman–Crippen LogP) is 3.17. The van der Waals surface area contributed by atoms with Gasteiger partial charge in [0.25, 0.3) is 0 Å². The maximum absolute atomic E-state index is 13.3. The normalized spacial score (nSPS) is 18.1. The summed E-state index contributed by atoms with van der Waals surface area (Å²) in [6.07, 6.45) is 0.814. The fourth-order valence-corrected chi connectivity index (χ4v) is 2.80. The summed E-state index contributed by atoms with van der Waals surface area (Å²) in [4.78, 5) is 17.4. The van der Waals surface area contributed by atoms with E-state index in [9.17, 15) is 9.18 Å². The summed E-state index contributed by atoms with van der Waals surface area (Å²) in [6.45, 7) is 2.52. The second-order valence-corrected chi connectivity index (χ2v) is 5.75. The summed E-state index contributed by atoms with van der Waals surface area (Å²) in [5, 5.41) is 9.74. The van der Waals surface area contributed by atoms with Crippen molar-refractivity contribution in [2.75, 3.05) is 26.2 Å². The van der Waals surface area contributed by atoms with Gasteiger partial charge in [-0.25, -0.2) is 14.2 Å². The molecule has 1 aromatic carbocycles. The van der Waals surface area contributed by atoms with Crippen molar-refractivity contribution in [2.45, 2.75) is 19.0 Å². The van der Waals surface area contributed by atoms with Gasteiger partial charge < -0.3 is 9.84 Å². The SMILES string of the molecule is Cl.O=C(O)c1ccc2nc(OCCN3CCCC(F)C3)ccc2c1. The lowest BCUT2D eigenvalue weighted by Gasteiger charge is -2.28. The maximum Gasteiger partial charge on any atom is 0.335 e. The summed E-state index contributed by atoms with van der Waals surface area (Å²) >= 11 is 0. The minimum absolute atomic E-state index is 0. The number of aromatic carboxylic acids is 1. The van der Waals surface area contributed by atoms with E-state index in [1.165, 1.54) is 6.07 Å². The van der Waals surface area contributed by atoms with Crippen molar-refractivity contribution in [3.05, 3.63) is 35.9 Å². The molecule has 1 N–H and O–H groups in total. The van der Waals surface area contributed by atoms with E-state index in [4.69, 9.17) is 9.84 Å². The van der Waals surface area contributed by atoms with Crippen LogP contribution in [-0.4, -0.2) is 53.4 Å². The van der Waals surface area contributed by atoms with E-state index < -0.39 is 12.1 Å². The number of likely N-dealkylation sites (tertiary alicyclic amines) is 1. The van der Waals surface area contributed by atoms with E-state index >= 15 is 0 Å². The molecule has 0 radical (unpaired) electrons. The zero-order valence-corrected chi connectivity index (χ0v) is 14.0. The van der Waals surface area contributed by atoms with E-state index in [2.05, 4.69) is 9.88 Å². The topological polar surface area (TPSA) is 62.7 Å². The highest BCUT2D eigenvalue weighted by molar-refractivity contribution is 5.93. The third-order valence-electron chi connectivity index (χ3n) is 4.02. The molecule has 0 aliphatic carbocycles. The molecular formula is C17H20ClFN2O3. The smallest absolute Gasteiger partial charge is 0.335 e. The number of carboxylic acid groups (broad SMARTS) is 1. The largest absolute Gasteiger partial charge is 0.478 e. The Hall–Kier alpha value is -1.92. The zero-order chi connectivity index (χ0) is 16.2. The molecule has 1 aromatic heterocycles. The van der Waals surface area contributed by atoms with Gasteiger partial charge in [-0.2, -0.15) is 0 Å². The lowest BCUT2D eigenvalue weighted by Crippen LogP contribution is -2.38. The third-order valence-corrected chi connectivity index (χ3v) is 4.02. The van der Waals surface area contributed by atoms with Crippen LogP contribution in [0, 0.1) is 0 Å². The Morgan fingerprint density at radius 3 is 2.96 bits per heavy atom. The average Bonchev–Trinajstić information content (AvgIpc) is 2.54. The van der Waals surface area contributed by atoms with Crippen molar-refractivity contribution >= 4 is 29.3 Å². The first-order chi connectivity index (χ1) is 11.1. The van der Waals surface area contributed by atoms with Crippen LogP contribution in [0.3, 0.4) is 0 Å². The number of aromatic nitrogens is 1. The van der Waals surface area contributed by atoms with Crippen LogP contribution in [0.2, 0.25) is 0 Å². The van der Waals surface area contributed by atoms with E-state index in [0.29, 0.717) is 37.5 Å². The van der Waals surface area contributed by atoms with Crippen molar-refractivity contribution in [3.8, 4) is 5.88 Å². The van der Waals surface area contributed by atoms with Gasteiger partial charge >= 0.3 is 5.97 Å². The molecule has 1 unspecified atom stereocenters. The Morgan fingerprint density at radius 1 is 1.38 bits per heavy atom. The lowest BCUT2D eigenvalue weighted by molar-refractivity contribution is 0.0697. The summed E-state index contributed by atoms with van der Waals surface area (Å²) in [5.41, 5.74) is 0.924. The van der Waals surface area contributed by atoms with Crippen LogP contribution >= 0.6 is 12.4 Å². The molecule has 3 rings (SSSR count). The Balaban J connectivity index is 0.00000208. The van der Waals surface area contributed by atoms with Crippen LogP contribution in [0.5, 0.6) is 5.88 Å². The van der Waals surface area contributed by atoms with E-state index in [-0.39, 0.29) is 18.0 Å². The number of alkyl halides is 1. The first kappa shape index (κ1) is 18.4. The van der Waals surface area contributed by atoms with Gasteiger partial charge in [0.1, 0.15) is 12.8 Å². The number of fused-ring (bicyclic) bond motifs is 1. The summed E-state index contributed by atoms with van der Waals surface area (Å²) in [5.74, 6) is -0.464. The molecule has 5 nitrogen and oxygen atoms in total. The minimum atomic E-state index is -0.958. The molecule has 7 heteroatoms. The van der Waals surface area contributed by atoms with Gasteiger partial charge in [-0.15, -0.1) is 12.4 Å². The van der Waals surface area contributed by atoms with Crippen LogP contribution in [-0.2, 0) is 0 Å². The number of piperidine rings is 1. The molecule has 0 saturated carbocycles. The molecule has 2 heterocycles. The molecule has 130 valence electrons. The van der Waals surface area contributed by atoms with Crippen molar-refractivity contribution in [1.82, 2.24) is 9.88 Å². The maximum atomic E-state index is 13.3. The highest BCUT2D eigenvalue weighted by atomic mass is 35.5. The molecule has 0 bridgehead atoms. The molecule has 24 heavy (non-hydrogen) atoms. The Kier molecular flexibility index (Phi) is 6.34. The number of rotatable bonds is 5. The van der Waals surface area contributed by atoms with Crippen LogP contribution in [0.25, 0.3) is 10.9 Å². The fourth-order valence-electron chi connectivity index (χ4n) is 2.80. The molecule has 1 atom stereocenters. The van der Waals surface area contributed by atoms with Crippen LogP contribution in [0.15, 0.2) is 30.3 Å². The number of pyridine rings is 1. The second-order valence-electron chi connectivity index (χ2n) is 5.75. The molecule has 1 saturated heterocycles. The number of benzene rings is 1. The Morgan fingerprint density at radius 2 is 2.21 bits per heavy atom. The van der Waals surface area contributed by atoms with Gasteiger partial charge in [0.05, 0.1) is 11.1 Å². The van der Waals surface area contributed by atoms with Crippen LogP contribution < -0.4 is 4.74 Å². The van der Waals surface area contributed by atoms with E-state index in [1.807, 2.05) is 0 Å². The Labute approximate surface area is 145 Å². The number of hydrogen-bond acceptors (Lipinski definition) is 4. The van der Waals surface area contributed by atoms with Gasteiger partial charge in [0.2, 0.25) is 5.88 Å². The number of carboxylic acids is 1. The highest BCUT2D eigenvalue weighted by Crippen LogP contribution is 2.18. The predicted molar refractivity (Wildman–Crippen MR) is 92.0 cm³/mol. The Bertz CT molecular complexity index is 713. The zero-order valence-electron chi connectivity index (χ0n) is 13.2. The number of ether oxygens (including phenoxy) is 1. The van der Waals surface area contributed by atoms with Gasteiger partial charge in [0, 0.05) is 24.5 Å². The van der Waals surface area contributed by atoms with Crippen molar-refractivity contribution in [3.63, 3.8) is 0 Å². The fraction of sp³-hybridized carbons (Fsp3) is 0.412. The first-order valence-electron chi connectivity index (χ1n) is 7.75. The van der Waals surface area contributed by atoms with E-state index in [1.54, 1.807) is 24.3 Å². The van der Waals surface area contributed by atoms with Crippen molar-refractivity contribution in [2.24, 2.45) is 0 Å². The molecule has 1 fully saturated rings. The molecule has 1 aliphatic heterocycles. The van der Waals surface area contributed by atoms with Gasteiger partial charge in [-0.1, -0.05) is 0 Å². The standard InChI is InChI=1S/C17H19FN2O3.ClH/c18-14-2-1-7-20(11-14)8-9-23-16-6-4-12-10-13(17(21)22)3-5-15(12)19-16;/h3-6,10,14H,1-2,7-9,11H2,(H,21,22);1H. The van der Waals surface area contributed by atoms with Gasteiger partial charge in [-0.3, -0.25) is 4.90 Å². The average molecular weight is 355 g/mol. The third kappa shape index (κ3) is 4.55. The number of hydrogen-bond donors (Lipinski definition) is 1. The molecule has 2 aromatic rings. The minimum Gasteiger partial charge on any atom is -0.478 e. The van der Waals surface area contributed by atoms with Gasteiger partial charge in [0.15, 0.2) is 0 Å². The first-order valence-corrected chi connectivity index (χ1v) is 7.75. The van der Waals surface area contributed by atoms with Crippen molar-refractivity contribution < 1.29 is 19.0 Å². The second kappa shape index (κ2) is 8.26. The van der Waals surface area contributed by atoms with Crippen molar-refractivity contribution in [1.29, 1.82) is 0 Å².